The van der Waals surface area contributed by atoms with Gasteiger partial charge in [-0.3, -0.25) is 0 Å². The molecule has 3 aromatic carbocycles. The van der Waals surface area contributed by atoms with E-state index in [1.165, 1.54) is 5.56 Å². The summed E-state index contributed by atoms with van der Waals surface area (Å²) in [6.07, 6.45) is 0.888. The molecule has 152 valence electrons. The Morgan fingerprint density at radius 2 is 1.47 bits per heavy atom. The van der Waals surface area contributed by atoms with E-state index in [1.807, 2.05) is 60.7 Å². The zero-order chi connectivity index (χ0) is 20.8. The van der Waals surface area contributed by atoms with Gasteiger partial charge in [-0.25, -0.2) is 4.98 Å². The highest BCUT2D eigenvalue weighted by Gasteiger charge is 2.09. The maximum Gasteiger partial charge on any atom is 0.229 e. The summed E-state index contributed by atoms with van der Waals surface area (Å²) in [5.41, 5.74) is 3.95. The van der Waals surface area contributed by atoms with Crippen molar-refractivity contribution in [2.75, 3.05) is 31.5 Å². The smallest absolute Gasteiger partial charge is 0.229 e. The molecule has 0 amide bonds. The van der Waals surface area contributed by atoms with E-state index in [9.17, 15) is 0 Å². The highest BCUT2D eigenvalue weighted by molar-refractivity contribution is 5.92. The van der Waals surface area contributed by atoms with Crippen LogP contribution in [-0.2, 0) is 11.2 Å². The molecule has 0 fully saturated rings. The Bertz CT molecular complexity index is 1110. The number of ether oxygens (including phenoxy) is 2. The maximum absolute atomic E-state index is 5.23. The van der Waals surface area contributed by atoms with Crippen molar-refractivity contribution in [1.82, 2.24) is 9.97 Å². The average Bonchev–Trinajstić information content (AvgIpc) is 2.79. The molecule has 30 heavy (non-hydrogen) atoms. The molecule has 4 aromatic rings. The van der Waals surface area contributed by atoms with Crippen molar-refractivity contribution in [3.63, 3.8) is 0 Å². The Balaban J connectivity index is 1.60. The van der Waals surface area contributed by atoms with Crippen LogP contribution in [-0.4, -0.2) is 30.8 Å². The van der Waals surface area contributed by atoms with E-state index in [2.05, 4.69) is 27.8 Å². The minimum Gasteiger partial charge on any atom is -0.497 e. The molecule has 0 aliphatic rings. The van der Waals surface area contributed by atoms with Gasteiger partial charge in [0, 0.05) is 23.9 Å². The Kier molecular flexibility index (Phi) is 6.06. The highest BCUT2D eigenvalue weighted by atomic mass is 16.5. The summed E-state index contributed by atoms with van der Waals surface area (Å²) < 4.78 is 10.4. The summed E-state index contributed by atoms with van der Waals surface area (Å²) in [4.78, 5) is 9.39. The van der Waals surface area contributed by atoms with Crippen molar-refractivity contribution in [2.24, 2.45) is 0 Å². The molecule has 0 saturated carbocycles. The summed E-state index contributed by atoms with van der Waals surface area (Å²) in [6.45, 7) is 0.709. The van der Waals surface area contributed by atoms with Crippen molar-refractivity contribution in [1.29, 1.82) is 0 Å². The van der Waals surface area contributed by atoms with Crippen LogP contribution in [0, 0.1) is 0 Å². The van der Waals surface area contributed by atoms with E-state index in [4.69, 9.17) is 14.5 Å². The number of nitrogens with zero attached hydrogens (tertiary/aromatic N) is 2. The van der Waals surface area contributed by atoms with Crippen molar-refractivity contribution in [3.8, 4) is 5.75 Å². The van der Waals surface area contributed by atoms with Crippen LogP contribution >= 0.6 is 0 Å². The van der Waals surface area contributed by atoms with Crippen LogP contribution < -0.4 is 15.4 Å². The molecule has 6 heteroatoms. The van der Waals surface area contributed by atoms with E-state index >= 15 is 0 Å². The van der Waals surface area contributed by atoms with Gasteiger partial charge in [-0.05, 0) is 60.5 Å². The van der Waals surface area contributed by atoms with Crippen LogP contribution in [0.5, 0.6) is 5.75 Å². The highest BCUT2D eigenvalue weighted by Crippen LogP contribution is 2.27. The third kappa shape index (κ3) is 4.67. The Labute approximate surface area is 175 Å². The number of anilines is 4. The third-order valence-corrected chi connectivity index (χ3v) is 4.76. The summed E-state index contributed by atoms with van der Waals surface area (Å²) in [5, 5.41) is 7.66. The second-order valence-corrected chi connectivity index (χ2v) is 6.83. The molecule has 0 aliphatic carbocycles. The van der Waals surface area contributed by atoms with E-state index in [0.29, 0.717) is 12.6 Å². The van der Waals surface area contributed by atoms with Gasteiger partial charge in [0.05, 0.1) is 19.2 Å². The topological polar surface area (TPSA) is 68.3 Å². The predicted molar refractivity (Wildman–Crippen MR) is 121 cm³/mol. The monoisotopic (exact) mass is 400 g/mol. The first-order valence-electron chi connectivity index (χ1n) is 9.78. The van der Waals surface area contributed by atoms with Crippen LogP contribution in [0.15, 0.2) is 72.8 Å². The Hall–Kier alpha value is -3.64. The minimum absolute atomic E-state index is 0.536. The summed E-state index contributed by atoms with van der Waals surface area (Å²) in [7, 11) is 3.37. The van der Waals surface area contributed by atoms with Gasteiger partial charge in [-0.15, -0.1) is 0 Å². The lowest BCUT2D eigenvalue weighted by Gasteiger charge is -2.12. The van der Waals surface area contributed by atoms with Gasteiger partial charge in [-0.2, -0.15) is 4.98 Å². The molecule has 2 N–H and O–H groups in total. The molecule has 0 saturated heterocycles. The summed E-state index contributed by atoms with van der Waals surface area (Å²) in [6, 6.07) is 23.9. The Morgan fingerprint density at radius 1 is 0.767 bits per heavy atom. The molecule has 0 spiro atoms. The van der Waals surface area contributed by atoms with E-state index < -0.39 is 0 Å². The first kappa shape index (κ1) is 19.7. The van der Waals surface area contributed by atoms with Crippen molar-refractivity contribution in [3.05, 3.63) is 78.4 Å². The maximum atomic E-state index is 5.23. The molecule has 0 aliphatic heterocycles. The lowest BCUT2D eigenvalue weighted by Crippen LogP contribution is -2.02. The molecular formula is C24H24N4O2. The fraction of sp³-hybridized carbons (Fsp3) is 0.167. The minimum atomic E-state index is 0.536. The van der Waals surface area contributed by atoms with Crippen LogP contribution in [0.1, 0.15) is 5.56 Å². The van der Waals surface area contributed by atoms with Crippen LogP contribution in [0.3, 0.4) is 0 Å². The number of benzene rings is 3. The van der Waals surface area contributed by atoms with Crippen LogP contribution in [0.2, 0.25) is 0 Å². The fourth-order valence-corrected chi connectivity index (χ4v) is 3.14. The predicted octanol–water partition coefficient (Wildman–Crippen LogP) is 5.31. The SMILES string of the molecule is COCCc1ccc(Nc2nc(Nc3ccc(OC)cc3)c3ccccc3n2)cc1. The zero-order valence-electron chi connectivity index (χ0n) is 17.1. The number of rotatable bonds is 8. The summed E-state index contributed by atoms with van der Waals surface area (Å²) >= 11 is 0. The molecule has 0 atom stereocenters. The van der Waals surface area contributed by atoms with E-state index in [1.54, 1.807) is 14.2 Å². The van der Waals surface area contributed by atoms with Crippen LogP contribution in [0.4, 0.5) is 23.1 Å². The molecule has 0 bridgehead atoms. The third-order valence-electron chi connectivity index (χ3n) is 4.76. The number of methoxy groups -OCH3 is 2. The fourth-order valence-electron chi connectivity index (χ4n) is 3.14. The van der Waals surface area contributed by atoms with Gasteiger partial charge in [0.15, 0.2) is 0 Å². The number of hydrogen-bond donors (Lipinski definition) is 2. The van der Waals surface area contributed by atoms with Crippen LogP contribution in [0.25, 0.3) is 10.9 Å². The van der Waals surface area contributed by atoms with Gasteiger partial charge in [-0.1, -0.05) is 24.3 Å². The Morgan fingerprint density at radius 3 is 2.20 bits per heavy atom. The lowest BCUT2D eigenvalue weighted by atomic mass is 10.1. The van der Waals surface area contributed by atoms with Gasteiger partial charge in [0.1, 0.15) is 11.6 Å². The normalized spacial score (nSPS) is 10.7. The zero-order valence-corrected chi connectivity index (χ0v) is 17.1. The number of para-hydroxylation sites is 1. The first-order valence-corrected chi connectivity index (χ1v) is 9.78. The largest absolute Gasteiger partial charge is 0.497 e. The van der Waals surface area contributed by atoms with E-state index in [-0.39, 0.29) is 0 Å². The molecule has 6 nitrogen and oxygen atoms in total. The molecular weight excluding hydrogens is 376 g/mol. The molecule has 4 rings (SSSR count). The van der Waals surface area contributed by atoms with Crippen molar-refractivity contribution < 1.29 is 9.47 Å². The van der Waals surface area contributed by atoms with Gasteiger partial charge >= 0.3 is 0 Å². The molecule has 0 unspecified atom stereocenters. The lowest BCUT2D eigenvalue weighted by molar-refractivity contribution is 0.202. The molecule has 1 heterocycles. The summed E-state index contributed by atoms with van der Waals surface area (Å²) in [5.74, 6) is 2.09. The number of hydrogen-bond acceptors (Lipinski definition) is 6. The second kappa shape index (κ2) is 9.24. The van der Waals surface area contributed by atoms with Gasteiger partial charge in [0.25, 0.3) is 0 Å². The van der Waals surface area contributed by atoms with Crippen molar-refractivity contribution >= 4 is 34.0 Å². The van der Waals surface area contributed by atoms with E-state index in [0.717, 1.165) is 40.3 Å². The standard InChI is InChI=1S/C24H24N4O2/c1-29-16-15-17-7-9-19(10-8-17)26-24-27-22-6-4-3-5-21(22)23(28-24)25-18-11-13-20(30-2)14-12-18/h3-14H,15-16H2,1-2H3,(H2,25,26,27,28). The molecule has 0 radical (unpaired) electrons. The second-order valence-electron chi connectivity index (χ2n) is 6.83. The first-order chi connectivity index (χ1) is 14.7. The number of fused-ring (bicyclic) bond motifs is 1. The average molecular weight is 400 g/mol. The van der Waals surface area contributed by atoms with Gasteiger partial charge in [0.2, 0.25) is 5.95 Å². The number of aromatic nitrogens is 2. The molecule has 1 aromatic heterocycles. The van der Waals surface area contributed by atoms with Crippen molar-refractivity contribution in [2.45, 2.75) is 6.42 Å². The quantitative estimate of drug-likeness (QED) is 0.417. The number of nitrogens with one attached hydrogen (secondary N) is 2. The van der Waals surface area contributed by atoms with Gasteiger partial charge < -0.3 is 20.1 Å².